The lowest BCUT2D eigenvalue weighted by molar-refractivity contribution is -0.139. The Hall–Kier alpha value is -3.24. The Morgan fingerprint density at radius 2 is 1.63 bits per heavy atom. The molecule has 3 aromatic rings. The molecule has 0 saturated heterocycles. The molecule has 10 heteroatoms. The zero-order valence-electron chi connectivity index (χ0n) is 21.5. The van der Waals surface area contributed by atoms with Crippen LogP contribution >= 0.6 is 15.9 Å². The van der Waals surface area contributed by atoms with E-state index >= 15 is 0 Å². The number of nitrogens with one attached hydrogen (secondary N) is 1. The quantitative estimate of drug-likeness (QED) is 0.333. The van der Waals surface area contributed by atoms with Gasteiger partial charge in [-0.1, -0.05) is 64.8 Å². The number of nitrogens with zero attached hydrogens (tertiary/aromatic N) is 2. The van der Waals surface area contributed by atoms with Crippen LogP contribution in [-0.4, -0.2) is 44.3 Å². The molecule has 0 aliphatic carbocycles. The third kappa shape index (κ3) is 7.20. The van der Waals surface area contributed by atoms with Gasteiger partial charge in [-0.2, -0.15) is 0 Å². The first kappa shape index (κ1) is 29.3. The Morgan fingerprint density at radius 3 is 2.24 bits per heavy atom. The number of amides is 2. The molecule has 1 N–H and O–H groups in total. The molecular weight excluding hydrogens is 573 g/mol. The molecule has 3 rings (SSSR count). The van der Waals surface area contributed by atoms with Gasteiger partial charge in [-0.25, -0.2) is 12.8 Å². The SMILES string of the molecule is CCCNC(=O)[C@H](C)N(Cc1ccc(Br)cc1)C(=O)CN(c1ccccc1F)S(=O)(=O)c1ccc(C)cc1. The summed E-state index contributed by atoms with van der Waals surface area (Å²) in [5, 5.41) is 2.79. The molecule has 0 spiro atoms. The summed E-state index contributed by atoms with van der Waals surface area (Å²) in [6.45, 7) is 5.12. The van der Waals surface area contributed by atoms with E-state index in [1.807, 2.05) is 26.0 Å². The average molecular weight is 605 g/mol. The lowest BCUT2D eigenvalue weighted by atomic mass is 10.1. The highest BCUT2D eigenvalue weighted by molar-refractivity contribution is 9.10. The van der Waals surface area contributed by atoms with Gasteiger partial charge in [0.1, 0.15) is 18.4 Å². The van der Waals surface area contributed by atoms with E-state index in [1.165, 1.54) is 35.2 Å². The number of para-hydroxylation sites is 1. The molecule has 7 nitrogen and oxygen atoms in total. The van der Waals surface area contributed by atoms with Crippen molar-refractivity contribution in [3.8, 4) is 0 Å². The van der Waals surface area contributed by atoms with E-state index in [0.29, 0.717) is 6.54 Å². The minimum absolute atomic E-state index is 0.0581. The Kier molecular flexibility index (Phi) is 10.0. The van der Waals surface area contributed by atoms with Crippen molar-refractivity contribution in [2.75, 3.05) is 17.4 Å². The van der Waals surface area contributed by atoms with Gasteiger partial charge in [0, 0.05) is 17.6 Å². The molecule has 0 radical (unpaired) electrons. The Balaban J connectivity index is 2.02. The second-order valence-electron chi connectivity index (χ2n) is 8.89. The van der Waals surface area contributed by atoms with Crippen LogP contribution in [0.1, 0.15) is 31.4 Å². The smallest absolute Gasteiger partial charge is 0.264 e. The van der Waals surface area contributed by atoms with Crippen molar-refractivity contribution in [2.24, 2.45) is 0 Å². The fourth-order valence-electron chi connectivity index (χ4n) is 3.77. The van der Waals surface area contributed by atoms with E-state index < -0.39 is 34.3 Å². The lowest BCUT2D eigenvalue weighted by Gasteiger charge is -2.32. The van der Waals surface area contributed by atoms with Crippen LogP contribution in [0.25, 0.3) is 0 Å². The number of benzene rings is 3. The topological polar surface area (TPSA) is 86.8 Å². The maximum Gasteiger partial charge on any atom is 0.264 e. The molecule has 0 bridgehead atoms. The van der Waals surface area contributed by atoms with Crippen LogP contribution in [0.4, 0.5) is 10.1 Å². The molecule has 1 atom stereocenters. The van der Waals surface area contributed by atoms with E-state index in [1.54, 1.807) is 31.2 Å². The van der Waals surface area contributed by atoms with Crippen molar-refractivity contribution in [1.82, 2.24) is 10.2 Å². The number of hydrogen-bond donors (Lipinski definition) is 1. The number of halogens is 2. The summed E-state index contributed by atoms with van der Waals surface area (Å²) >= 11 is 3.38. The zero-order valence-corrected chi connectivity index (χ0v) is 23.9. The van der Waals surface area contributed by atoms with Crippen LogP contribution in [0, 0.1) is 12.7 Å². The molecular formula is C28H31BrFN3O4S. The summed E-state index contributed by atoms with van der Waals surface area (Å²) in [6.07, 6.45) is 0.717. The molecule has 202 valence electrons. The molecule has 0 aromatic heterocycles. The largest absolute Gasteiger partial charge is 0.354 e. The summed E-state index contributed by atoms with van der Waals surface area (Å²) < 4.78 is 43.9. The predicted molar refractivity (Wildman–Crippen MR) is 150 cm³/mol. The van der Waals surface area contributed by atoms with Gasteiger partial charge in [-0.3, -0.25) is 13.9 Å². The van der Waals surface area contributed by atoms with E-state index in [-0.39, 0.29) is 23.0 Å². The van der Waals surface area contributed by atoms with Gasteiger partial charge in [-0.05, 0) is 62.2 Å². The van der Waals surface area contributed by atoms with Crippen LogP contribution in [0.3, 0.4) is 0 Å². The summed E-state index contributed by atoms with van der Waals surface area (Å²) in [4.78, 5) is 27.9. The highest BCUT2D eigenvalue weighted by Gasteiger charge is 2.33. The first-order chi connectivity index (χ1) is 18.0. The number of aryl methyl sites for hydroxylation is 1. The van der Waals surface area contributed by atoms with Crippen molar-refractivity contribution in [2.45, 2.75) is 44.7 Å². The van der Waals surface area contributed by atoms with Gasteiger partial charge in [0.25, 0.3) is 10.0 Å². The van der Waals surface area contributed by atoms with Crippen LogP contribution in [0.5, 0.6) is 0 Å². The Bertz CT molecular complexity index is 1370. The minimum Gasteiger partial charge on any atom is -0.354 e. The van der Waals surface area contributed by atoms with Crippen LogP contribution in [-0.2, 0) is 26.2 Å². The first-order valence-corrected chi connectivity index (χ1v) is 14.4. The summed E-state index contributed by atoms with van der Waals surface area (Å²) in [5.41, 5.74) is 1.34. The van der Waals surface area contributed by atoms with E-state index in [2.05, 4.69) is 21.2 Å². The first-order valence-electron chi connectivity index (χ1n) is 12.2. The maximum atomic E-state index is 14.9. The van der Waals surface area contributed by atoms with Gasteiger partial charge < -0.3 is 10.2 Å². The van der Waals surface area contributed by atoms with Gasteiger partial charge >= 0.3 is 0 Å². The number of rotatable bonds is 11. The average Bonchev–Trinajstić information content (AvgIpc) is 2.90. The lowest BCUT2D eigenvalue weighted by Crippen LogP contribution is -2.51. The van der Waals surface area contributed by atoms with Gasteiger partial charge in [0.05, 0.1) is 10.6 Å². The summed E-state index contributed by atoms with van der Waals surface area (Å²) in [5.74, 6) is -1.80. The van der Waals surface area contributed by atoms with Gasteiger partial charge in [0.15, 0.2) is 0 Å². The monoisotopic (exact) mass is 603 g/mol. The molecule has 3 aromatic carbocycles. The second-order valence-corrected chi connectivity index (χ2v) is 11.7. The molecule has 0 fully saturated rings. The molecule has 2 amide bonds. The molecule has 0 saturated carbocycles. The van der Waals surface area contributed by atoms with Crippen LogP contribution < -0.4 is 9.62 Å². The Morgan fingerprint density at radius 1 is 1.00 bits per heavy atom. The van der Waals surface area contributed by atoms with Gasteiger partial charge in [-0.15, -0.1) is 0 Å². The number of carbonyl (C=O) groups excluding carboxylic acids is 2. The highest BCUT2D eigenvalue weighted by atomic mass is 79.9. The van der Waals surface area contributed by atoms with Crippen molar-refractivity contribution in [3.05, 3.63) is 94.2 Å². The number of carbonyl (C=O) groups is 2. The minimum atomic E-state index is -4.32. The molecule has 0 heterocycles. The van der Waals surface area contributed by atoms with Crippen molar-refractivity contribution in [1.29, 1.82) is 0 Å². The Labute approximate surface area is 231 Å². The normalized spacial score (nSPS) is 12.0. The maximum absolute atomic E-state index is 14.9. The number of sulfonamides is 1. The summed E-state index contributed by atoms with van der Waals surface area (Å²) in [6, 6.07) is 17.8. The third-order valence-corrected chi connectivity index (χ3v) is 8.29. The number of hydrogen-bond acceptors (Lipinski definition) is 4. The van der Waals surface area contributed by atoms with Crippen LogP contribution in [0.2, 0.25) is 0 Å². The summed E-state index contributed by atoms with van der Waals surface area (Å²) in [7, 11) is -4.32. The van der Waals surface area contributed by atoms with Crippen molar-refractivity contribution in [3.63, 3.8) is 0 Å². The standard InChI is InChI=1S/C28H31BrFN3O4S/c1-4-17-31-28(35)21(3)32(18-22-11-13-23(29)14-12-22)27(34)19-33(26-8-6-5-7-25(26)30)38(36,37)24-15-9-20(2)10-16-24/h5-16,21H,4,17-19H2,1-3H3,(H,31,35)/t21-/m0/s1. The van der Waals surface area contributed by atoms with Crippen molar-refractivity contribution < 1.29 is 22.4 Å². The third-order valence-electron chi connectivity index (χ3n) is 5.99. The van der Waals surface area contributed by atoms with E-state index in [9.17, 15) is 22.4 Å². The predicted octanol–water partition coefficient (Wildman–Crippen LogP) is 5.04. The molecule has 0 unspecified atom stereocenters. The fraction of sp³-hybridized carbons (Fsp3) is 0.286. The zero-order chi connectivity index (χ0) is 27.9. The van der Waals surface area contributed by atoms with Crippen molar-refractivity contribution >= 4 is 43.5 Å². The number of anilines is 1. The van der Waals surface area contributed by atoms with E-state index in [4.69, 9.17) is 0 Å². The molecule has 0 aliphatic rings. The van der Waals surface area contributed by atoms with E-state index in [0.717, 1.165) is 32.4 Å². The second kappa shape index (κ2) is 13.0. The molecule has 38 heavy (non-hydrogen) atoms. The van der Waals surface area contributed by atoms with Gasteiger partial charge in [0.2, 0.25) is 11.8 Å². The highest BCUT2D eigenvalue weighted by Crippen LogP contribution is 2.27. The van der Waals surface area contributed by atoms with Crippen LogP contribution in [0.15, 0.2) is 82.2 Å². The fourth-order valence-corrected chi connectivity index (χ4v) is 5.46. The molecule has 0 aliphatic heterocycles.